The maximum atomic E-state index is 13.4. The summed E-state index contributed by atoms with van der Waals surface area (Å²) in [6.45, 7) is 2.91. The second kappa shape index (κ2) is 61.8. The van der Waals surface area contributed by atoms with Crippen molar-refractivity contribution in [1.82, 2.24) is 5.32 Å². The lowest BCUT2D eigenvalue weighted by atomic mass is 9.97. The zero-order valence-corrected chi connectivity index (χ0v) is 58.6. The Balaban J connectivity index is 1.60. The molecule has 9 N–H and O–H groups in total. The summed E-state index contributed by atoms with van der Waals surface area (Å²) in [5.41, 5.74) is 0. The fraction of sp³-hybridized carbons (Fsp3) is 0.909. The quantitative estimate of drug-likeness (QED) is 0.0204. The van der Waals surface area contributed by atoms with Crippen molar-refractivity contribution in [1.29, 1.82) is 0 Å². The second-order valence-corrected chi connectivity index (χ2v) is 27.5. The Morgan fingerprint density at radius 3 is 1.11 bits per heavy atom. The normalized spacial score (nSPS) is 22.9. The molecule has 0 spiro atoms. The molecule has 14 nitrogen and oxygen atoms in total. The molecular formula is C77H145NO13. The predicted octanol–water partition coefficient (Wildman–Crippen LogP) is 16.9. The zero-order chi connectivity index (χ0) is 65.9. The summed E-state index contributed by atoms with van der Waals surface area (Å²) in [5, 5.41) is 87.8. The molecule has 0 bridgehead atoms. The number of rotatable bonds is 65. The molecule has 91 heavy (non-hydrogen) atoms. The number of allylic oxidation sites excluding steroid dienone is 6. The van der Waals surface area contributed by atoms with Gasteiger partial charge in [0, 0.05) is 6.42 Å². The monoisotopic (exact) mass is 1290 g/mol. The predicted molar refractivity (Wildman–Crippen MR) is 374 cm³/mol. The van der Waals surface area contributed by atoms with Gasteiger partial charge in [0.2, 0.25) is 5.91 Å². The minimum absolute atomic E-state index is 0.199. The smallest absolute Gasteiger partial charge is 0.220 e. The molecule has 0 radical (unpaired) electrons. The molecule has 2 aliphatic heterocycles. The summed E-state index contributed by atoms with van der Waals surface area (Å²) in [5.74, 6) is -0.199. The maximum absolute atomic E-state index is 13.4. The summed E-state index contributed by atoms with van der Waals surface area (Å²) in [6.07, 6.45) is 63.2. The lowest BCUT2D eigenvalue weighted by Crippen LogP contribution is -2.65. The Morgan fingerprint density at radius 1 is 0.396 bits per heavy atom. The topological polar surface area (TPSA) is 228 Å². The van der Waals surface area contributed by atoms with Gasteiger partial charge in [-0.3, -0.25) is 4.79 Å². The second-order valence-electron chi connectivity index (χ2n) is 27.5. The summed E-state index contributed by atoms with van der Waals surface area (Å²) < 4.78 is 23.0. The van der Waals surface area contributed by atoms with E-state index in [0.717, 1.165) is 64.2 Å². The van der Waals surface area contributed by atoms with Crippen molar-refractivity contribution in [3.8, 4) is 0 Å². The molecule has 0 aromatic heterocycles. The number of aliphatic hydroxyl groups is 8. The Hall–Kier alpha value is -1.79. The molecule has 0 aliphatic carbocycles. The van der Waals surface area contributed by atoms with Gasteiger partial charge in [0.25, 0.3) is 0 Å². The van der Waals surface area contributed by atoms with Crippen LogP contribution in [0, 0.1) is 0 Å². The zero-order valence-electron chi connectivity index (χ0n) is 58.6. The number of unbranched alkanes of at least 4 members (excludes halogenated alkanes) is 46. The van der Waals surface area contributed by atoms with Gasteiger partial charge < -0.3 is 65.1 Å². The third kappa shape index (κ3) is 45.4. The van der Waals surface area contributed by atoms with Crippen molar-refractivity contribution in [3.63, 3.8) is 0 Å². The van der Waals surface area contributed by atoms with Crippen LogP contribution in [0.25, 0.3) is 0 Å². The first kappa shape index (κ1) is 85.3. The molecule has 0 aromatic carbocycles. The van der Waals surface area contributed by atoms with Gasteiger partial charge in [-0.15, -0.1) is 0 Å². The summed E-state index contributed by atoms with van der Waals surface area (Å²) >= 11 is 0. The summed E-state index contributed by atoms with van der Waals surface area (Å²) in [7, 11) is 0. The standard InChI is InChI=1S/C77H145NO13/c1-3-5-7-9-11-13-15-17-19-21-23-25-27-28-29-30-31-32-33-34-35-36-37-38-39-41-43-45-47-49-51-53-55-57-59-61-69(82)78-65(64-88-76-74(87)72(85)75(68(63-80)90-76)91-77-73(86)71(84)70(83)67(62-79)89-77)66(81)60-58-56-54-52-50-48-46-44-42-40-26-24-22-20-18-16-14-12-10-8-6-4-2/h15,17,21,23,27-28,65-68,70-77,79-81,83-87H,3-14,16,18-20,22,24-26,29-64H2,1-2H3,(H,78,82)/b17-15-,23-21-,28-27-. The number of carbonyl (C=O) groups excluding carboxylic acids is 1. The van der Waals surface area contributed by atoms with Crippen LogP contribution in [-0.4, -0.2) is 140 Å². The van der Waals surface area contributed by atoms with Crippen molar-refractivity contribution in [3.05, 3.63) is 36.5 Å². The number of hydrogen-bond donors (Lipinski definition) is 9. The third-order valence-corrected chi connectivity index (χ3v) is 19.1. The van der Waals surface area contributed by atoms with Crippen LogP contribution >= 0.6 is 0 Å². The van der Waals surface area contributed by atoms with Gasteiger partial charge in [0.1, 0.15) is 48.8 Å². The SMILES string of the molecule is CCCCCCC/C=C\C/C=C\C/C=C\CCCCCCCCCCCCCCCCCCCCCCC(=O)NC(COC1OC(CO)C(OC2OC(CO)C(O)C(O)C2O)C(O)C1O)C(O)CCCCCCCCCCCCCCCCCCCCCCCC. The number of amides is 1. The van der Waals surface area contributed by atoms with Crippen molar-refractivity contribution in [2.75, 3.05) is 19.8 Å². The highest BCUT2D eigenvalue weighted by molar-refractivity contribution is 5.76. The first-order chi connectivity index (χ1) is 44.6. The first-order valence-electron chi connectivity index (χ1n) is 38.7. The Morgan fingerprint density at radius 2 is 0.725 bits per heavy atom. The van der Waals surface area contributed by atoms with Crippen LogP contribution in [0.4, 0.5) is 0 Å². The van der Waals surface area contributed by atoms with Crippen molar-refractivity contribution < 1.29 is 64.6 Å². The van der Waals surface area contributed by atoms with Crippen LogP contribution in [0.15, 0.2) is 36.5 Å². The van der Waals surface area contributed by atoms with E-state index in [1.165, 1.54) is 263 Å². The maximum Gasteiger partial charge on any atom is 0.220 e. The van der Waals surface area contributed by atoms with Gasteiger partial charge in [-0.05, 0) is 51.4 Å². The van der Waals surface area contributed by atoms with E-state index in [1.54, 1.807) is 0 Å². The van der Waals surface area contributed by atoms with E-state index in [4.69, 9.17) is 18.9 Å². The van der Waals surface area contributed by atoms with E-state index in [-0.39, 0.29) is 12.5 Å². The highest BCUT2D eigenvalue weighted by Crippen LogP contribution is 2.30. The molecule has 2 fully saturated rings. The largest absolute Gasteiger partial charge is 0.394 e. The van der Waals surface area contributed by atoms with Crippen molar-refractivity contribution in [2.45, 2.75) is 428 Å². The minimum atomic E-state index is -1.78. The molecule has 0 saturated carbocycles. The summed E-state index contributed by atoms with van der Waals surface area (Å²) in [6, 6.07) is -0.828. The van der Waals surface area contributed by atoms with E-state index >= 15 is 0 Å². The van der Waals surface area contributed by atoms with Gasteiger partial charge in [-0.2, -0.15) is 0 Å². The fourth-order valence-electron chi connectivity index (χ4n) is 13.0. The number of hydrogen-bond acceptors (Lipinski definition) is 13. The molecule has 2 rings (SSSR count). The molecule has 12 unspecified atom stereocenters. The molecular weight excluding hydrogens is 1150 g/mol. The van der Waals surface area contributed by atoms with E-state index in [9.17, 15) is 45.6 Å². The first-order valence-corrected chi connectivity index (χ1v) is 38.7. The van der Waals surface area contributed by atoms with Crippen molar-refractivity contribution >= 4 is 5.91 Å². The highest BCUT2D eigenvalue weighted by atomic mass is 16.7. The number of ether oxygens (including phenoxy) is 4. The van der Waals surface area contributed by atoms with Crippen LogP contribution in [0.2, 0.25) is 0 Å². The summed E-state index contributed by atoms with van der Waals surface area (Å²) in [4.78, 5) is 13.4. The van der Waals surface area contributed by atoms with Crippen LogP contribution in [0.3, 0.4) is 0 Å². The number of aliphatic hydroxyl groups excluding tert-OH is 8. The average molecular weight is 1290 g/mol. The highest BCUT2D eigenvalue weighted by Gasteiger charge is 2.51. The van der Waals surface area contributed by atoms with Gasteiger partial charge in [-0.1, -0.05) is 333 Å². The van der Waals surface area contributed by atoms with E-state index in [2.05, 4.69) is 55.6 Å². The van der Waals surface area contributed by atoms with Gasteiger partial charge in [0.05, 0.1) is 32.0 Å². The van der Waals surface area contributed by atoms with Crippen LogP contribution in [0.5, 0.6) is 0 Å². The van der Waals surface area contributed by atoms with Gasteiger partial charge >= 0.3 is 0 Å². The molecule has 0 aromatic rings. The van der Waals surface area contributed by atoms with Crippen LogP contribution < -0.4 is 5.32 Å². The Bertz CT molecular complexity index is 1670. The Labute approximate surface area is 557 Å². The lowest BCUT2D eigenvalue weighted by Gasteiger charge is -2.46. The third-order valence-electron chi connectivity index (χ3n) is 19.1. The van der Waals surface area contributed by atoms with E-state index < -0.39 is 86.8 Å². The average Bonchev–Trinajstić information content (AvgIpc) is 0.888. The minimum Gasteiger partial charge on any atom is -0.394 e. The molecule has 2 heterocycles. The fourth-order valence-corrected chi connectivity index (χ4v) is 13.0. The van der Waals surface area contributed by atoms with Gasteiger partial charge in [0.15, 0.2) is 12.6 Å². The Kier molecular flexibility index (Phi) is 57.9. The van der Waals surface area contributed by atoms with E-state index in [0.29, 0.717) is 12.8 Å². The lowest BCUT2D eigenvalue weighted by molar-refractivity contribution is -0.359. The molecule has 1 amide bonds. The number of nitrogens with one attached hydrogen (secondary N) is 1. The van der Waals surface area contributed by atoms with Crippen LogP contribution in [-0.2, 0) is 23.7 Å². The molecule has 2 aliphatic rings. The molecule has 14 heteroatoms. The molecule has 12 atom stereocenters. The van der Waals surface area contributed by atoms with E-state index in [1.807, 2.05) is 0 Å². The van der Waals surface area contributed by atoms with Gasteiger partial charge in [-0.25, -0.2) is 0 Å². The molecule has 2 saturated heterocycles. The molecule has 536 valence electrons. The number of carbonyl (C=O) groups is 1. The van der Waals surface area contributed by atoms with Crippen molar-refractivity contribution in [2.24, 2.45) is 0 Å². The van der Waals surface area contributed by atoms with Crippen LogP contribution in [0.1, 0.15) is 354 Å².